The van der Waals surface area contributed by atoms with E-state index in [4.69, 9.17) is 11.6 Å². The number of halogens is 2. The zero-order valence-electron chi connectivity index (χ0n) is 12.5. The lowest BCUT2D eigenvalue weighted by Crippen LogP contribution is -2.31. The molecule has 1 aromatic rings. The van der Waals surface area contributed by atoms with Crippen LogP contribution in [0.2, 0.25) is 5.02 Å². The summed E-state index contributed by atoms with van der Waals surface area (Å²) in [5.74, 6) is 1.45. The molecule has 0 heterocycles. The molecule has 0 spiro atoms. The van der Waals surface area contributed by atoms with Gasteiger partial charge in [0.05, 0.1) is 0 Å². The van der Waals surface area contributed by atoms with Crippen molar-refractivity contribution in [2.24, 2.45) is 11.8 Å². The van der Waals surface area contributed by atoms with Crippen molar-refractivity contribution in [2.45, 2.75) is 45.4 Å². The molecular weight excluding hydrogens is 273 g/mol. The Morgan fingerprint density at radius 3 is 2.80 bits per heavy atom. The van der Waals surface area contributed by atoms with Gasteiger partial charge in [-0.15, -0.1) is 0 Å². The summed E-state index contributed by atoms with van der Waals surface area (Å²) in [6.07, 6.45) is 4.83. The van der Waals surface area contributed by atoms with E-state index < -0.39 is 0 Å². The molecule has 2 atom stereocenters. The predicted molar refractivity (Wildman–Crippen MR) is 83.8 cm³/mol. The maximum absolute atomic E-state index is 13.5. The van der Waals surface area contributed by atoms with Crippen molar-refractivity contribution in [1.82, 2.24) is 5.32 Å². The number of nitrogens with one attached hydrogen (secondary N) is 1. The van der Waals surface area contributed by atoms with E-state index in [1.807, 2.05) is 0 Å². The lowest BCUT2D eigenvalue weighted by Gasteiger charge is -2.33. The summed E-state index contributed by atoms with van der Waals surface area (Å²) in [5, 5.41) is 4.27. The van der Waals surface area contributed by atoms with Crippen molar-refractivity contribution < 1.29 is 4.39 Å². The largest absolute Gasteiger partial charge is 0.316 e. The minimum atomic E-state index is -0.177. The standard InChI is InChI=1S/C17H25ClFN/c1-12(2)10-20-11-13-5-3-4-6-15(13)16-9-14(19)7-8-17(16)18/h7-9,12-13,15,20H,3-6,10-11H2,1-2H3. The maximum Gasteiger partial charge on any atom is 0.123 e. The van der Waals surface area contributed by atoms with Crippen molar-refractivity contribution in [3.63, 3.8) is 0 Å². The number of hydrogen-bond donors (Lipinski definition) is 1. The van der Waals surface area contributed by atoms with Crippen LogP contribution in [-0.2, 0) is 0 Å². The van der Waals surface area contributed by atoms with Crippen LogP contribution in [0.25, 0.3) is 0 Å². The molecule has 3 heteroatoms. The van der Waals surface area contributed by atoms with Crippen LogP contribution in [0.4, 0.5) is 4.39 Å². The molecule has 2 unspecified atom stereocenters. The van der Waals surface area contributed by atoms with Gasteiger partial charge in [0, 0.05) is 5.02 Å². The van der Waals surface area contributed by atoms with E-state index in [0.717, 1.165) is 25.1 Å². The molecular formula is C17H25ClFN. The highest BCUT2D eigenvalue weighted by Gasteiger charge is 2.28. The molecule has 0 radical (unpaired) electrons. The summed E-state index contributed by atoms with van der Waals surface area (Å²) >= 11 is 6.29. The van der Waals surface area contributed by atoms with Gasteiger partial charge >= 0.3 is 0 Å². The Morgan fingerprint density at radius 2 is 2.05 bits per heavy atom. The highest BCUT2D eigenvalue weighted by molar-refractivity contribution is 6.31. The van der Waals surface area contributed by atoms with Gasteiger partial charge in [-0.25, -0.2) is 4.39 Å². The smallest absolute Gasteiger partial charge is 0.123 e. The van der Waals surface area contributed by atoms with Gasteiger partial charge in [-0.2, -0.15) is 0 Å². The fourth-order valence-electron chi connectivity index (χ4n) is 3.22. The first-order valence-corrected chi connectivity index (χ1v) is 8.11. The van der Waals surface area contributed by atoms with E-state index in [0.29, 0.717) is 22.8 Å². The first-order valence-electron chi connectivity index (χ1n) is 7.73. The van der Waals surface area contributed by atoms with Crippen LogP contribution in [0, 0.1) is 17.7 Å². The normalized spacial score (nSPS) is 23.2. The average molecular weight is 298 g/mol. The van der Waals surface area contributed by atoms with Crippen LogP contribution in [0.15, 0.2) is 18.2 Å². The van der Waals surface area contributed by atoms with Crippen LogP contribution in [-0.4, -0.2) is 13.1 Å². The van der Waals surface area contributed by atoms with E-state index in [1.54, 1.807) is 12.1 Å². The minimum Gasteiger partial charge on any atom is -0.316 e. The van der Waals surface area contributed by atoms with Gasteiger partial charge in [0.25, 0.3) is 0 Å². The molecule has 1 fully saturated rings. The summed E-state index contributed by atoms with van der Waals surface area (Å²) < 4.78 is 13.5. The molecule has 0 bridgehead atoms. The topological polar surface area (TPSA) is 12.0 Å². The van der Waals surface area contributed by atoms with Crippen molar-refractivity contribution in [3.8, 4) is 0 Å². The Balaban J connectivity index is 2.07. The quantitative estimate of drug-likeness (QED) is 0.806. The lowest BCUT2D eigenvalue weighted by molar-refractivity contribution is 0.291. The van der Waals surface area contributed by atoms with E-state index >= 15 is 0 Å². The molecule has 0 aliphatic heterocycles. The van der Waals surface area contributed by atoms with Crippen LogP contribution in [0.1, 0.15) is 51.0 Å². The van der Waals surface area contributed by atoms with Gasteiger partial charge in [-0.05, 0) is 67.4 Å². The molecule has 20 heavy (non-hydrogen) atoms. The summed E-state index contributed by atoms with van der Waals surface area (Å²) in [7, 11) is 0. The van der Waals surface area contributed by atoms with E-state index in [2.05, 4.69) is 19.2 Å². The third-order valence-electron chi connectivity index (χ3n) is 4.23. The molecule has 112 valence electrons. The molecule has 2 rings (SSSR count). The molecule has 1 saturated carbocycles. The molecule has 1 nitrogen and oxygen atoms in total. The fourth-order valence-corrected chi connectivity index (χ4v) is 3.48. The Kier molecular flexibility index (Phi) is 5.86. The zero-order chi connectivity index (χ0) is 14.5. The Morgan fingerprint density at radius 1 is 1.30 bits per heavy atom. The Labute approximate surface area is 126 Å². The maximum atomic E-state index is 13.5. The summed E-state index contributed by atoms with van der Waals surface area (Å²) in [4.78, 5) is 0. The number of benzene rings is 1. The van der Waals surface area contributed by atoms with Gasteiger partial charge < -0.3 is 5.32 Å². The third kappa shape index (κ3) is 4.20. The fraction of sp³-hybridized carbons (Fsp3) is 0.647. The van der Waals surface area contributed by atoms with Gasteiger partial charge in [-0.1, -0.05) is 38.3 Å². The SMILES string of the molecule is CC(C)CNCC1CCCCC1c1cc(F)ccc1Cl. The molecule has 1 aliphatic carbocycles. The first kappa shape index (κ1) is 15.8. The number of hydrogen-bond acceptors (Lipinski definition) is 1. The highest BCUT2D eigenvalue weighted by atomic mass is 35.5. The van der Waals surface area contributed by atoms with Crippen molar-refractivity contribution >= 4 is 11.6 Å². The second-order valence-corrected chi connectivity index (χ2v) is 6.78. The molecule has 0 amide bonds. The summed E-state index contributed by atoms with van der Waals surface area (Å²) in [5.41, 5.74) is 1.00. The molecule has 1 aromatic carbocycles. The van der Waals surface area contributed by atoms with Crippen LogP contribution < -0.4 is 5.32 Å². The number of rotatable bonds is 5. The summed E-state index contributed by atoms with van der Waals surface area (Å²) in [6, 6.07) is 4.77. The molecule has 0 aromatic heterocycles. The van der Waals surface area contributed by atoms with Gasteiger partial charge in [0.15, 0.2) is 0 Å². The Bertz CT molecular complexity index is 433. The summed E-state index contributed by atoms with van der Waals surface area (Å²) in [6.45, 7) is 6.49. The van der Waals surface area contributed by atoms with Gasteiger partial charge in [0.2, 0.25) is 0 Å². The zero-order valence-corrected chi connectivity index (χ0v) is 13.2. The predicted octanol–water partition coefficient (Wildman–Crippen LogP) is 5.00. The van der Waals surface area contributed by atoms with Crippen LogP contribution in [0.5, 0.6) is 0 Å². The molecule has 1 aliphatic rings. The highest BCUT2D eigenvalue weighted by Crippen LogP contribution is 2.40. The lowest BCUT2D eigenvalue weighted by atomic mass is 9.75. The second kappa shape index (κ2) is 7.42. The van der Waals surface area contributed by atoms with Crippen molar-refractivity contribution in [1.29, 1.82) is 0 Å². The van der Waals surface area contributed by atoms with Crippen LogP contribution >= 0.6 is 11.6 Å². The van der Waals surface area contributed by atoms with E-state index in [-0.39, 0.29) is 5.82 Å². The minimum absolute atomic E-state index is 0.177. The van der Waals surface area contributed by atoms with E-state index in [1.165, 1.54) is 25.3 Å². The van der Waals surface area contributed by atoms with Crippen LogP contribution in [0.3, 0.4) is 0 Å². The first-order chi connectivity index (χ1) is 9.58. The van der Waals surface area contributed by atoms with Crippen molar-refractivity contribution in [2.75, 3.05) is 13.1 Å². The monoisotopic (exact) mass is 297 g/mol. The Hall–Kier alpha value is -0.600. The molecule has 0 saturated heterocycles. The molecule has 1 N–H and O–H groups in total. The van der Waals surface area contributed by atoms with Crippen molar-refractivity contribution in [3.05, 3.63) is 34.6 Å². The van der Waals surface area contributed by atoms with E-state index in [9.17, 15) is 4.39 Å². The third-order valence-corrected chi connectivity index (χ3v) is 4.57. The average Bonchev–Trinajstić information content (AvgIpc) is 2.42. The second-order valence-electron chi connectivity index (χ2n) is 6.37. The van der Waals surface area contributed by atoms with Gasteiger partial charge in [-0.3, -0.25) is 0 Å². The van der Waals surface area contributed by atoms with Gasteiger partial charge in [0.1, 0.15) is 5.82 Å².